The number of amides is 1. The maximum absolute atomic E-state index is 11.6. The first kappa shape index (κ1) is 15.7. The second kappa shape index (κ2) is 6.85. The Labute approximate surface area is 132 Å². The molecule has 114 valence electrons. The molecule has 0 fully saturated rings. The Hall–Kier alpha value is -2.68. The fourth-order valence-electron chi connectivity index (χ4n) is 1.56. The Morgan fingerprint density at radius 3 is 2.91 bits per heavy atom. The minimum atomic E-state index is -0.602. The van der Waals surface area contributed by atoms with E-state index in [9.17, 15) is 19.5 Å². The lowest BCUT2D eigenvalue weighted by atomic mass is 10.2. The number of H-pyrrole nitrogens is 1. The maximum atomic E-state index is 11.6. The van der Waals surface area contributed by atoms with Crippen molar-refractivity contribution in [1.82, 2.24) is 15.2 Å². The van der Waals surface area contributed by atoms with Crippen LogP contribution in [0.3, 0.4) is 0 Å². The third-order valence-corrected chi connectivity index (χ3v) is 3.07. The molecule has 1 amide bonds. The second-order valence-corrected chi connectivity index (χ2v) is 5.15. The average Bonchev–Trinajstić information content (AvgIpc) is 2.46. The molecule has 0 aliphatic carbocycles. The Balaban J connectivity index is 2.02. The molecule has 22 heavy (non-hydrogen) atoms. The summed E-state index contributed by atoms with van der Waals surface area (Å²) in [5.41, 5.74) is 1.60. The zero-order chi connectivity index (χ0) is 16.1. The number of hydrogen-bond acceptors (Lipinski definition) is 5. The van der Waals surface area contributed by atoms with Crippen LogP contribution in [-0.4, -0.2) is 27.0 Å². The highest BCUT2D eigenvalue weighted by molar-refractivity contribution is 9.10. The number of benzene rings is 1. The third kappa shape index (κ3) is 4.16. The van der Waals surface area contributed by atoms with Gasteiger partial charge in [0.1, 0.15) is 12.3 Å². The molecular formula is C13H11BrN4O4. The highest BCUT2D eigenvalue weighted by Gasteiger charge is 2.04. The van der Waals surface area contributed by atoms with Crippen LogP contribution in [0.15, 0.2) is 49.5 Å². The monoisotopic (exact) mass is 366 g/mol. The van der Waals surface area contributed by atoms with E-state index in [1.807, 2.05) is 0 Å². The van der Waals surface area contributed by atoms with Crippen molar-refractivity contribution in [3.63, 3.8) is 0 Å². The van der Waals surface area contributed by atoms with Gasteiger partial charge in [0.2, 0.25) is 0 Å². The topological polar surface area (TPSA) is 117 Å². The van der Waals surface area contributed by atoms with E-state index in [1.165, 1.54) is 12.3 Å². The lowest BCUT2D eigenvalue weighted by Gasteiger charge is -2.03. The summed E-state index contributed by atoms with van der Waals surface area (Å²) >= 11 is 3.24. The van der Waals surface area contributed by atoms with Gasteiger partial charge in [0.05, 0.1) is 6.21 Å². The largest absolute Gasteiger partial charge is 0.507 e. The van der Waals surface area contributed by atoms with Crippen LogP contribution >= 0.6 is 15.9 Å². The SMILES string of the molecule is O=C(Cn1[nH]c(=O)ccc1=O)N/N=C/c1cc(Br)ccc1O. The first-order chi connectivity index (χ1) is 10.5. The van der Waals surface area contributed by atoms with E-state index >= 15 is 0 Å². The van der Waals surface area contributed by atoms with Crippen molar-refractivity contribution < 1.29 is 9.90 Å². The summed E-state index contributed by atoms with van der Waals surface area (Å²) in [7, 11) is 0. The van der Waals surface area contributed by atoms with Crippen LogP contribution in [0.1, 0.15) is 5.56 Å². The van der Waals surface area contributed by atoms with Crippen LogP contribution < -0.4 is 16.5 Å². The van der Waals surface area contributed by atoms with Crippen molar-refractivity contribution in [2.45, 2.75) is 6.54 Å². The number of nitrogens with zero attached hydrogens (tertiary/aromatic N) is 2. The lowest BCUT2D eigenvalue weighted by molar-refractivity contribution is -0.121. The van der Waals surface area contributed by atoms with Gasteiger partial charge in [-0.1, -0.05) is 15.9 Å². The number of phenolic OH excluding ortho intramolecular Hbond substituents is 1. The van der Waals surface area contributed by atoms with E-state index in [2.05, 4.69) is 31.6 Å². The Bertz CT molecular complexity index is 840. The molecule has 0 unspecified atom stereocenters. The number of carbonyl (C=O) groups is 1. The number of aromatic hydroxyl groups is 1. The van der Waals surface area contributed by atoms with Crippen LogP contribution in [0.2, 0.25) is 0 Å². The summed E-state index contributed by atoms with van der Waals surface area (Å²) in [5, 5.41) is 15.5. The molecule has 1 aromatic carbocycles. The van der Waals surface area contributed by atoms with E-state index in [4.69, 9.17) is 0 Å². The minimum Gasteiger partial charge on any atom is -0.507 e. The zero-order valence-electron chi connectivity index (χ0n) is 11.1. The normalized spacial score (nSPS) is 10.8. The zero-order valence-corrected chi connectivity index (χ0v) is 12.7. The van der Waals surface area contributed by atoms with E-state index in [-0.39, 0.29) is 12.3 Å². The quantitative estimate of drug-likeness (QED) is 0.527. The Morgan fingerprint density at radius 2 is 2.14 bits per heavy atom. The average molecular weight is 367 g/mol. The van der Waals surface area contributed by atoms with Gasteiger partial charge < -0.3 is 5.11 Å². The summed E-state index contributed by atoms with van der Waals surface area (Å²) in [4.78, 5) is 34.1. The number of carbonyl (C=O) groups excluding carboxylic acids is 1. The third-order valence-electron chi connectivity index (χ3n) is 2.57. The smallest absolute Gasteiger partial charge is 0.265 e. The summed E-state index contributed by atoms with van der Waals surface area (Å²) in [6.45, 7) is -0.378. The molecular weight excluding hydrogens is 356 g/mol. The van der Waals surface area contributed by atoms with E-state index in [0.29, 0.717) is 5.56 Å². The summed E-state index contributed by atoms with van der Waals surface area (Å²) in [6.07, 6.45) is 1.26. The number of aromatic amines is 1. The van der Waals surface area contributed by atoms with Crippen LogP contribution in [-0.2, 0) is 11.3 Å². The van der Waals surface area contributed by atoms with E-state index in [0.717, 1.165) is 21.3 Å². The number of nitrogens with one attached hydrogen (secondary N) is 2. The standard InChI is InChI=1S/C13H11BrN4O4/c14-9-1-2-10(19)8(5-9)6-15-16-12(21)7-18-13(22)4-3-11(20)17-18/h1-6,19H,7H2,(H,16,21)(H,17,20)/b15-6+. The predicted octanol–water partition coefficient (Wildman–Crippen LogP) is 0.155. The summed E-state index contributed by atoms with van der Waals surface area (Å²) < 4.78 is 1.61. The fourth-order valence-corrected chi connectivity index (χ4v) is 1.94. The maximum Gasteiger partial charge on any atom is 0.265 e. The van der Waals surface area contributed by atoms with Crippen molar-refractivity contribution in [3.05, 3.63) is 61.1 Å². The molecule has 0 bridgehead atoms. The number of phenols is 1. The number of hydrogen-bond donors (Lipinski definition) is 3. The molecule has 2 aromatic rings. The van der Waals surface area contributed by atoms with Crippen molar-refractivity contribution in [1.29, 1.82) is 0 Å². The summed E-state index contributed by atoms with van der Waals surface area (Å²) in [5.74, 6) is -0.598. The molecule has 8 nitrogen and oxygen atoms in total. The predicted molar refractivity (Wildman–Crippen MR) is 82.9 cm³/mol. The molecule has 0 aliphatic rings. The van der Waals surface area contributed by atoms with Gasteiger partial charge in [0.15, 0.2) is 0 Å². The molecule has 0 atom stereocenters. The highest BCUT2D eigenvalue weighted by Crippen LogP contribution is 2.19. The summed E-state index contributed by atoms with van der Waals surface area (Å²) in [6, 6.07) is 6.88. The lowest BCUT2D eigenvalue weighted by Crippen LogP contribution is -2.34. The molecule has 3 N–H and O–H groups in total. The molecule has 2 rings (SSSR count). The van der Waals surface area contributed by atoms with Gasteiger partial charge in [-0.15, -0.1) is 0 Å². The molecule has 0 saturated heterocycles. The van der Waals surface area contributed by atoms with Crippen molar-refractivity contribution in [3.8, 4) is 5.75 Å². The van der Waals surface area contributed by atoms with Gasteiger partial charge in [0.25, 0.3) is 17.0 Å². The first-order valence-corrected chi connectivity index (χ1v) is 6.85. The number of rotatable bonds is 4. The first-order valence-electron chi connectivity index (χ1n) is 6.06. The van der Waals surface area contributed by atoms with Crippen molar-refractivity contribution in [2.75, 3.05) is 0 Å². The van der Waals surface area contributed by atoms with Gasteiger partial charge in [0, 0.05) is 22.2 Å². The molecule has 0 radical (unpaired) electrons. The molecule has 1 aromatic heterocycles. The van der Waals surface area contributed by atoms with Crippen LogP contribution in [0.4, 0.5) is 0 Å². The highest BCUT2D eigenvalue weighted by atomic mass is 79.9. The minimum absolute atomic E-state index is 0.00445. The van der Waals surface area contributed by atoms with Gasteiger partial charge in [-0.2, -0.15) is 5.10 Å². The van der Waals surface area contributed by atoms with E-state index in [1.54, 1.807) is 12.1 Å². The van der Waals surface area contributed by atoms with Crippen molar-refractivity contribution >= 4 is 28.1 Å². The van der Waals surface area contributed by atoms with Crippen LogP contribution in [0.25, 0.3) is 0 Å². The Morgan fingerprint density at radius 1 is 1.36 bits per heavy atom. The van der Waals surface area contributed by atoms with Gasteiger partial charge in [-0.25, -0.2) is 10.1 Å². The van der Waals surface area contributed by atoms with Crippen LogP contribution in [0, 0.1) is 0 Å². The fraction of sp³-hybridized carbons (Fsp3) is 0.0769. The molecule has 1 heterocycles. The Kier molecular flexibility index (Phi) is 4.89. The van der Waals surface area contributed by atoms with Gasteiger partial charge >= 0.3 is 0 Å². The second-order valence-electron chi connectivity index (χ2n) is 4.23. The molecule has 0 spiro atoms. The number of hydrazone groups is 1. The van der Waals surface area contributed by atoms with Crippen LogP contribution in [0.5, 0.6) is 5.75 Å². The van der Waals surface area contributed by atoms with Crippen molar-refractivity contribution in [2.24, 2.45) is 5.10 Å². The molecule has 9 heteroatoms. The number of aromatic nitrogens is 2. The molecule has 0 saturated carbocycles. The van der Waals surface area contributed by atoms with Gasteiger partial charge in [-0.05, 0) is 18.2 Å². The van der Waals surface area contributed by atoms with E-state index < -0.39 is 17.0 Å². The van der Waals surface area contributed by atoms with Gasteiger partial charge in [-0.3, -0.25) is 19.5 Å². The number of halogens is 1. The molecule has 0 aliphatic heterocycles.